The molecule has 0 bridgehead atoms. The van der Waals surface area contributed by atoms with Crippen molar-refractivity contribution in [1.82, 2.24) is 16.0 Å². The zero-order chi connectivity index (χ0) is 26.4. The third-order valence-electron chi connectivity index (χ3n) is 4.71. The van der Waals surface area contributed by atoms with Crippen LogP contribution in [0.4, 0.5) is 0 Å². The maximum absolute atomic E-state index is 12.9. The molecule has 0 fully saturated rings. The molecule has 0 rings (SSSR count). The normalized spacial score (nSPS) is 14.3. The maximum atomic E-state index is 12.9. The van der Waals surface area contributed by atoms with Gasteiger partial charge in [0.1, 0.15) is 18.1 Å². The number of aliphatic carboxylic acids is 1. The highest BCUT2D eigenvalue weighted by Gasteiger charge is 2.30. The number of hydrogen-bond donors (Lipinski definition) is 9. The first-order chi connectivity index (χ1) is 15.8. The molecule has 0 aliphatic heterocycles. The van der Waals surface area contributed by atoms with Gasteiger partial charge in [-0.15, -0.1) is 0 Å². The van der Waals surface area contributed by atoms with Crippen molar-refractivity contribution in [3.63, 3.8) is 0 Å². The Hall–Kier alpha value is -3.46. The quantitative estimate of drug-likeness (QED) is 0.0573. The summed E-state index contributed by atoms with van der Waals surface area (Å²) in [6.07, 6.45) is -0.172. The summed E-state index contributed by atoms with van der Waals surface area (Å²) in [6, 6.07) is -5.03. The van der Waals surface area contributed by atoms with Crippen LogP contribution in [0.15, 0.2) is 4.99 Å². The van der Waals surface area contributed by atoms with Gasteiger partial charge in [0, 0.05) is 13.0 Å². The number of aliphatic hydroxyl groups excluding tert-OH is 1. The lowest BCUT2D eigenvalue weighted by molar-refractivity contribution is -0.143. The van der Waals surface area contributed by atoms with Crippen LogP contribution in [0.5, 0.6) is 0 Å². The molecule has 0 aromatic rings. The minimum absolute atomic E-state index is 0.0811. The van der Waals surface area contributed by atoms with E-state index in [0.717, 1.165) is 0 Å². The second kappa shape index (κ2) is 15.4. The molecular weight excluding hydrogens is 452 g/mol. The van der Waals surface area contributed by atoms with E-state index in [2.05, 4.69) is 20.9 Å². The van der Waals surface area contributed by atoms with E-state index in [1.165, 1.54) is 0 Å². The van der Waals surface area contributed by atoms with E-state index in [9.17, 15) is 24.0 Å². The molecule has 4 unspecified atom stereocenters. The Labute approximate surface area is 197 Å². The van der Waals surface area contributed by atoms with Crippen LogP contribution in [0, 0.1) is 5.92 Å². The van der Waals surface area contributed by atoms with Gasteiger partial charge in [0.05, 0.1) is 12.6 Å². The van der Waals surface area contributed by atoms with Crippen LogP contribution in [0.25, 0.3) is 0 Å². The van der Waals surface area contributed by atoms with Crippen LogP contribution in [0.2, 0.25) is 0 Å². The average Bonchev–Trinajstić information content (AvgIpc) is 2.75. The Morgan fingerprint density at radius 3 is 1.79 bits per heavy atom. The minimum atomic E-state index is -1.63. The van der Waals surface area contributed by atoms with Crippen LogP contribution >= 0.6 is 0 Å². The first-order valence-corrected chi connectivity index (χ1v) is 10.6. The number of nitrogens with one attached hydrogen (secondary N) is 3. The fraction of sp³-hybridized carbons (Fsp3) is 0.684. The number of carboxylic acids is 1. The van der Waals surface area contributed by atoms with Crippen molar-refractivity contribution < 1.29 is 34.2 Å². The number of hydrogen-bond acceptors (Lipinski definition) is 8. The topological polar surface area (TPSA) is 278 Å². The second-order valence-electron chi connectivity index (χ2n) is 7.93. The maximum Gasteiger partial charge on any atom is 0.328 e. The van der Waals surface area contributed by atoms with Gasteiger partial charge in [-0.05, 0) is 25.2 Å². The SMILES string of the molecule is CC(C)C(N)C(=O)NC(CCCN=C(N)N)C(=O)NC(CCC(N)=O)C(=O)NC(CO)C(=O)O. The molecule has 0 saturated carbocycles. The van der Waals surface area contributed by atoms with Gasteiger partial charge in [-0.2, -0.15) is 0 Å². The molecule has 4 amide bonds. The van der Waals surface area contributed by atoms with Crippen LogP contribution in [-0.2, 0) is 24.0 Å². The number of nitrogens with zero attached hydrogens (tertiary/aromatic N) is 1. The van der Waals surface area contributed by atoms with Gasteiger partial charge >= 0.3 is 5.97 Å². The summed E-state index contributed by atoms with van der Waals surface area (Å²) < 4.78 is 0. The highest BCUT2D eigenvalue weighted by molar-refractivity contribution is 5.94. The first-order valence-electron chi connectivity index (χ1n) is 10.6. The third-order valence-corrected chi connectivity index (χ3v) is 4.71. The molecule has 0 heterocycles. The summed E-state index contributed by atoms with van der Waals surface area (Å²) in [4.78, 5) is 64.0. The van der Waals surface area contributed by atoms with E-state index >= 15 is 0 Å². The molecule has 0 aromatic carbocycles. The van der Waals surface area contributed by atoms with Gasteiger partial charge in [0.2, 0.25) is 23.6 Å². The monoisotopic (exact) mass is 488 g/mol. The van der Waals surface area contributed by atoms with Crippen molar-refractivity contribution in [2.24, 2.45) is 33.8 Å². The molecule has 4 atom stereocenters. The molecule has 0 spiro atoms. The predicted molar refractivity (Wildman–Crippen MR) is 122 cm³/mol. The van der Waals surface area contributed by atoms with Crippen molar-refractivity contribution in [3.05, 3.63) is 0 Å². The number of rotatable bonds is 16. The first kappa shape index (κ1) is 30.5. The molecule has 15 heteroatoms. The molecule has 0 aliphatic rings. The van der Waals surface area contributed by atoms with E-state index < -0.39 is 60.4 Å². The number of carboxylic acid groups (broad SMARTS) is 1. The van der Waals surface area contributed by atoms with Crippen molar-refractivity contribution in [2.45, 2.75) is 63.7 Å². The highest BCUT2D eigenvalue weighted by Crippen LogP contribution is 2.06. The van der Waals surface area contributed by atoms with Crippen molar-refractivity contribution in [3.8, 4) is 0 Å². The molecule has 34 heavy (non-hydrogen) atoms. The largest absolute Gasteiger partial charge is 0.480 e. The molecule has 194 valence electrons. The molecule has 13 N–H and O–H groups in total. The number of amides is 4. The number of aliphatic hydroxyl groups is 1. The van der Waals surface area contributed by atoms with E-state index in [1.54, 1.807) is 13.8 Å². The Kier molecular flexibility index (Phi) is 13.8. The number of carbonyl (C=O) groups excluding carboxylic acids is 4. The lowest BCUT2D eigenvalue weighted by Crippen LogP contribution is -2.58. The summed E-state index contributed by atoms with van der Waals surface area (Å²) in [7, 11) is 0. The van der Waals surface area contributed by atoms with Crippen LogP contribution in [-0.4, -0.2) is 83.1 Å². The van der Waals surface area contributed by atoms with Crippen molar-refractivity contribution >= 4 is 35.6 Å². The van der Waals surface area contributed by atoms with E-state index in [-0.39, 0.29) is 44.1 Å². The zero-order valence-electron chi connectivity index (χ0n) is 19.3. The smallest absolute Gasteiger partial charge is 0.328 e. The van der Waals surface area contributed by atoms with Crippen molar-refractivity contribution in [1.29, 1.82) is 0 Å². The van der Waals surface area contributed by atoms with E-state index in [0.29, 0.717) is 0 Å². The zero-order valence-corrected chi connectivity index (χ0v) is 19.3. The van der Waals surface area contributed by atoms with Gasteiger partial charge in [0.25, 0.3) is 0 Å². The summed E-state index contributed by atoms with van der Waals surface area (Å²) in [5.41, 5.74) is 21.5. The number of primary amides is 1. The summed E-state index contributed by atoms with van der Waals surface area (Å²) in [5, 5.41) is 25.1. The van der Waals surface area contributed by atoms with Gasteiger partial charge in [-0.25, -0.2) is 4.79 Å². The highest BCUT2D eigenvalue weighted by atomic mass is 16.4. The lowest BCUT2D eigenvalue weighted by atomic mass is 10.0. The molecule has 0 saturated heterocycles. The number of carbonyl (C=O) groups is 5. The number of nitrogens with two attached hydrogens (primary N) is 4. The van der Waals surface area contributed by atoms with Crippen molar-refractivity contribution in [2.75, 3.05) is 13.2 Å². The Balaban J connectivity index is 5.58. The van der Waals surface area contributed by atoms with Gasteiger partial charge < -0.3 is 49.1 Å². The standard InChI is InChI=1S/C19H36N8O7/c1-9(2)14(21)17(32)26-10(4-3-7-24-19(22)23)15(30)25-11(5-6-13(20)29)16(31)27-12(8-28)18(33)34/h9-12,14,28H,3-8,21H2,1-2H3,(H2,20,29)(H,25,30)(H,26,32)(H,27,31)(H,33,34)(H4,22,23,24). The average molecular weight is 489 g/mol. The van der Waals surface area contributed by atoms with Crippen LogP contribution < -0.4 is 38.9 Å². The minimum Gasteiger partial charge on any atom is -0.480 e. The summed E-state index contributed by atoms with van der Waals surface area (Å²) in [5.74, 6) is -4.95. The molecule has 0 aliphatic carbocycles. The molecule has 15 nitrogen and oxygen atoms in total. The summed E-state index contributed by atoms with van der Waals surface area (Å²) in [6.45, 7) is 2.72. The molecule has 0 radical (unpaired) electrons. The van der Waals surface area contributed by atoms with Gasteiger partial charge in [-0.1, -0.05) is 13.8 Å². The molecule has 0 aromatic heterocycles. The Morgan fingerprint density at radius 1 is 0.853 bits per heavy atom. The molecular formula is C19H36N8O7. The van der Waals surface area contributed by atoms with Gasteiger partial charge in [-0.3, -0.25) is 24.2 Å². The number of guanidine groups is 1. The van der Waals surface area contributed by atoms with Crippen LogP contribution in [0.3, 0.4) is 0 Å². The number of aliphatic imine (C=N–C) groups is 1. The van der Waals surface area contributed by atoms with Gasteiger partial charge in [0.15, 0.2) is 5.96 Å². The Morgan fingerprint density at radius 2 is 1.35 bits per heavy atom. The fourth-order valence-corrected chi connectivity index (χ4v) is 2.63. The predicted octanol–water partition coefficient (Wildman–Crippen LogP) is -4.18. The third kappa shape index (κ3) is 12.0. The Bertz CT molecular complexity index is 755. The fourth-order valence-electron chi connectivity index (χ4n) is 2.63. The summed E-state index contributed by atoms with van der Waals surface area (Å²) >= 11 is 0. The van der Waals surface area contributed by atoms with Crippen LogP contribution in [0.1, 0.15) is 39.5 Å². The van der Waals surface area contributed by atoms with E-state index in [4.69, 9.17) is 33.1 Å². The van der Waals surface area contributed by atoms with E-state index in [1.807, 2.05) is 0 Å². The lowest BCUT2D eigenvalue weighted by Gasteiger charge is -2.25. The second-order valence-corrected chi connectivity index (χ2v) is 7.93.